The average molecular weight is 392 g/mol. The van der Waals surface area contributed by atoms with Gasteiger partial charge in [0.2, 0.25) is 0 Å². The second-order valence-electron chi connectivity index (χ2n) is 5.52. The molecule has 0 bridgehead atoms. The summed E-state index contributed by atoms with van der Waals surface area (Å²) >= 11 is 0. The minimum atomic E-state index is -3.28. The second kappa shape index (κ2) is 14.4. The topological polar surface area (TPSA) is 80.3 Å². The van der Waals surface area contributed by atoms with Crippen molar-refractivity contribution in [1.29, 1.82) is 0 Å². The van der Waals surface area contributed by atoms with Crippen LogP contribution in [0.15, 0.2) is 0 Å². The Morgan fingerprint density at radius 1 is 0.708 bits per heavy atom. The van der Waals surface area contributed by atoms with Crippen molar-refractivity contribution in [3.63, 3.8) is 0 Å². The molecule has 0 fully saturated rings. The van der Waals surface area contributed by atoms with E-state index >= 15 is 0 Å². The predicted molar refractivity (Wildman–Crippen MR) is 99.8 cm³/mol. The molecule has 0 unspecified atom stereocenters. The van der Waals surface area contributed by atoms with Crippen LogP contribution in [-0.2, 0) is 31.7 Å². The molecule has 0 rings (SSSR count). The Hall–Kier alpha value is 0.260. The fourth-order valence-electron chi connectivity index (χ4n) is 1.46. The smallest absolute Gasteiger partial charge is 0.306 e. The second-order valence-corrected chi connectivity index (χ2v) is 9.10. The normalized spacial score (nSPS) is 12.2. The van der Waals surface area contributed by atoms with E-state index in [0.717, 1.165) is 0 Å². The minimum Gasteiger partial charge on any atom is -0.306 e. The SMILES string of the molecule is C.CC(C)OP(C)(=O)OC(C)C.CCOP(=O)(OCC)OC(C)C. The van der Waals surface area contributed by atoms with E-state index in [1.165, 1.54) is 6.66 Å². The van der Waals surface area contributed by atoms with Crippen LogP contribution in [0.2, 0.25) is 0 Å². The standard InChI is InChI=1S/C7H17O4P.C7H17O3P.CH4/c1-5-9-12(8,10-6-2)11-7(3)4;1-6(2)9-11(5,8)10-7(3)4;/h7H,5-6H2,1-4H3;6-7H,1-5H3;1H4. The highest BCUT2D eigenvalue weighted by Crippen LogP contribution is 2.50. The molecular formula is C15H38O7P2. The highest BCUT2D eigenvalue weighted by atomic mass is 31.2. The molecular weight excluding hydrogens is 354 g/mol. The fraction of sp³-hybridized carbons (Fsp3) is 1.00. The van der Waals surface area contributed by atoms with E-state index in [4.69, 9.17) is 22.6 Å². The zero-order chi connectivity index (χ0) is 18.7. The molecule has 0 amide bonds. The number of hydrogen-bond acceptors (Lipinski definition) is 7. The monoisotopic (exact) mass is 392 g/mol. The maximum Gasteiger partial charge on any atom is 0.475 e. The van der Waals surface area contributed by atoms with Crippen LogP contribution in [0.25, 0.3) is 0 Å². The third kappa shape index (κ3) is 18.6. The highest BCUT2D eigenvalue weighted by Gasteiger charge is 2.26. The zero-order valence-corrected chi connectivity index (χ0v) is 17.7. The molecule has 0 N–H and O–H groups in total. The minimum absolute atomic E-state index is 0. The average Bonchev–Trinajstić information content (AvgIpc) is 2.24. The summed E-state index contributed by atoms with van der Waals surface area (Å²) < 4.78 is 47.9. The molecule has 0 aromatic heterocycles. The summed E-state index contributed by atoms with van der Waals surface area (Å²) in [5, 5.41) is 0. The summed E-state index contributed by atoms with van der Waals surface area (Å²) in [6.45, 7) is 16.5. The molecule has 0 spiro atoms. The largest absolute Gasteiger partial charge is 0.475 e. The lowest BCUT2D eigenvalue weighted by Gasteiger charge is -2.18. The third-order valence-corrected chi connectivity index (χ3v) is 5.16. The summed E-state index contributed by atoms with van der Waals surface area (Å²) in [5.41, 5.74) is 0. The van der Waals surface area contributed by atoms with E-state index in [1.54, 1.807) is 27.7 Å². The van der Waals surface area contributed by atoms with E-state index in [-0.39, 0.29) is 25.7 Å². The molecule has 0 aliphatic heterocycles. The van der Waals surface area contributed by atoms with Crippen molar-refractivity contribution in [1.82, 2.24) is 0 Å². The Kier molecular flexibility index (Phi) is 17.5. The summed E-state index contributed by atoms with van der Waals surface area (Å²) in [6.07, 6.45) is -0.261. The van der Waals surface area contributed by atoms with Gasteiger partial charge in [-0.1, -0.05) is 7.43 Å². The highest BCUT2D eigenvalue weighted by molar-refractivity contribution is 7.53. The summed E-state index contributed by atoms with van der Waals surface area (Å²) in [5.74, 6) is 0. The van der Waals surface area contributed by atoms with Crippen molar-refractivity contribution < 1.29 is 31.7 Å². The maximum atomic E-state index is 11.6. The van der Waals surface area contributed by atoms with Gasteiger partial charge in [-0.05, 0) is 55.4 Å². The Bertz CT molecular complexity index is 360. The molecule has 0 saturated carbocycles. The first-order valence-corrected chi connectivity index (χ1v) is 11.3. The van der Waals surface area contributed by atoms with Gasteiger partial charge in [0.25, 0.3) is 0 Å². The first-order chi connectivity index (χ1) is 10.4. The predicted octanol–water partition coefficient (Wildman–Crippen LogP) is 5.89. The molecule has 150 valence electrons. The first kappa shape index (κ1) is 29.0. The summed E-state index contributed by atoms with van der Waals surface area (Å²) in [4.78, 5) is 0. The van der Waals surface area contributed by atoms with Crippen LogP contribution in [0.4, 0.5) is 0 Å². The van der Waals surface area contributed by atoms with Crippen LogP contribution >= 0.6 is 15.4 Å². The lowest BCUT2D eigenvalue weighted by atomic mass is 10.5. The summed E-state index contributed by atoms with van der Waals surface area (Å²) in [7, 11) is -6.08. The van der Waals surface area contributed by atoms with Crippen molar-refractivity contribution in [3.8, 4) is 0 Å². The molecule has 0 aliphatic carbocycles. The lowest BCUT2D eigenvalue weighted by Crippen LogP contribution is -2.06. The van der Waals surface area contributed by atoms with Crippen molar-refractivity contribution in [2.45, 2.75) is 81.1 Å². The van der Waals surface area contributed by atoms with Gasteiger partial charge in [-0.25, -0.2) is 4.57 Å². The van der Waals surface area contributed by atoms with Crippen LogP contribution < -0.4 is 0 Å². The number of hydrogen-bond donors (Lipinski definition) is 0. The van der Waals surface area contributed by atoms with Crippen LogP contribution in [-0.4, -0.2) is 38.2 Å². The Labute approximate surface area is 148 Å². The molecule has 0 radical (unpaired) electrons. The van der Waals surface area contributed by atoms with Gasteiger partial charge in [-0.2, -0.15) is 0 Å². The van der Waals surface area contributed by atoms with Gasteiger partial charge in [-0.3, -0.25) is 18.1 Å². The van der Waals surface area contributed by atoms with E-state index in [2.05, 4.69) is 0 Å². The van der Waals surface area contributed by atoms with E-state index in [9.17, 15) is 9.13 Å². The number of phosphoric acid groups is 1. The third-order valence-electron chi connectivity index (χ3n) is 1.72. The van der Waals surface area contributed by atoms with E-state index in [0.29, 0.717) is 13.2 Å². The first-order valence-electron chi connectivity index (χ1n) is 7.89. The van der Waals surface area contributed by atoms with Crippen molar-refractivity contribution in [3.05, 3.63) is 0 Å². The molecule has 7 nitrogen and oxygen atoms in total. The molecule has 0 heterocycles. The fourth-order valence-corrected chi connectivity index (χ4v) is 4.39. The van der Waals surface area contributed by atoms with Gasteiger partial charge < -0.3 is 9.05 Å². The zero-order valence-electron chi connectivity index (χ0n) is 15.9. The molecule has 0 atom stereocenters. The number of rotatable bonds is 10. The Balaban J connectivity index is -0.000000354. The molecule has 0 aromatic rings. The molecule has 24 heavy (non-hydrogen) atoms. The molecule has 0 aromatic carbocycles. The van der Waals surface area contributed by atoms with Crippen LogP contribution in [0.5, 0.6) is 0 Å². The van der Waals surface area contributed by atoms with Crippen molar-refractivity contribution >= 4 is 15.4 Å². The molecule has 9 heteroatoms. The van der Waals surface area contributed by atoms with Gasteiger partial charge in [0.05, 0.1) is 31.5 Å². The van der Waals surface area contributed by atoms with Crippen molar-refractivity contribution in [2.75, 3.05) is 19.9 Å². The quantitative estimate of drug-likeness (QED) is 0.429. The van der Waals surface area contributed by atoms with Gasteiger partial charge in [-0.15, -0.1) is 0 Å². The van der Waals surface area contributed by atoms with Crippen LogP contribution in [0.1, 0.15) is 62.8 Å². The Morgan fingerprint density at radius 3 is 1.21 bits per heavy atom. The van der Waals surface area contributed by atoms with E-state index in [1.807, 2.05) is 27.7 Å². The van der Waals surface area contributed by atoms with Gasteiger partial charge >= 0.3 is 15.4 Å². The maximum absolute atomic E-state index is 11.6. The molecule has 0 saturated heterocycles. The summed E-state index contributed by atoms with van der Waals surface area (Å²) in [6, 6.07) is 0. The van der Waals surface area contributed by atoms with Crippen molar-refractivity contribution in [2.24, 2.45) is 0 Å². The lowest BCUT2D eigenvalue weighted by molar-refractivity contribution is 0.0976. The van der Waals surface area contributed by atoms with E-state index < -0.39 is 15.4 Å². The number of phosphoric ester groups is 1. The van der Waals surface area contributed by atoms with Crippen LogP contribution in [0, 0.1) is 0 Å². The van der Waals surface area contributed by atoms with Crippen LogP contribution in [0.3, 0.4) is 0 Å². The Morgan fingerprint density at radius 2 is 1.00 bits per heavy atom. The van der Waals surface area contributed by atoms with Gasteiger partial charge in [0.1, 0.15) is 0 Å². The van der Waals surface area contributed by atoms with Gasteiger partial charge in [0.15, 0.2) is 0 Å². The van der Waals surface area contributed by atoms with Gasteiger partial charge in [0, 0.05) is 6.66 Å². The molecule has 0 aliphatic rings.